The summed E-state index contributed by atoms with van der Waals surface area (Å²) in [4.78, 5) is 10.2. The van der Waals surface area contributed by atoms with Crippen molar-refractivity contribution in [3.63, 3.8) is 0 Å². The first-order valence-electron chi connectivity index (χ1n) is 3.67. The lowest BCUT2D eigenvalue weighted by molar-refractivity contribution is -0.274. The second-order valence-corrected chi connectivity index (χ2v) is 2.63. The molecular formula is C9H6F3O2. The van der Waals surface area contributed by atoms with E-state index in [1.54, 1.807) is 0 Å². The number of rotatable bonds is 2. The highest BCUT2D eigenvalue weighted by Crippen LogP contribution is 2.26. The number of halogens is 3. The number of carbonyl (C=O) groups excluding carboxylic acids is 1. The maximum Gasteiger partial charge on any atom is 0.573 e. The first-order chi connectivity index (χ1) is 6.42. The van der Waals surface area contributed by atoms with E-state index in [0.717, 1.165) is 6.07 Å². The van der Waals surface area contributed by atoms with Gasteiger partial charge >= 0.3 is 6.36 Å². The zero-order valence-corrected chi connectivity index (χ0v) is 7.18. The summed E-state index contributed by atoms with van der Waals surface area (Å²) < 4.78 is 39.2. The fourth-order valence-electron chi connectivity index (χ4n) is 0.898. The Morgan fingerprint density at radius 3 is 2.50 bits per heavy atom. The van der Waals surface area contributed by atoms with E-state index in [1.807, 2.05) is 0 Å². The number of aryl methyl sites for hydroxylation is 1. The van der Waals surface area contributed by atoms with Gasteiger partial charge in [0.05, 0.1) is 0 Å². The standard InChI is InChI=1S/C9H6F3O2/c1-6-2-3-7(5-13)4-8(6)14-9(10,11)12/h2-4H,1H3. The molecule has 0 N–H and O–H groups in total. The highest BCUT2D eigenvalue weighted by Gasteiger charge is 2.31. The van der Waals surface area contributed by atoms with Gasteiger partial charge in [0.25, 0.3) is 0 Å². The second kappa shape index (κ2) is 3.69. The molecule has 0 unspecified atom stereocenters. The van der Waals surface area contributed by atoms with Crippen LogP contribution >= 0.6 is 0 Å². The summed E-state index contributed by atoms with van der Waals surface area (Å²) in [6.07, 6.45) is -3.26. The lowest BCUT2D eigenvalue weighted by Crippen LogP contribution is -2.17. The normalized spacial score (nSPS) is 11.1. The van der Waals surface area contributed by atoms with E-state index in [9.17, 15) is 18.0 Å². The average molecular weight is 203 g/mol. The molecule has 0 amide bonds. The van der Waals surface area contributed by atoms with Crippen molar-refractivity contribution in [1.82, 2.24) is 0 Å². The monoisotopic (exact) mass is 203 g/mol. The molecule has 0 aliphatic rings. The Kier molecular flexibility index (Phi) is 2.78. The van der Waals surface area contributed by atoms with Crippen molar-refractivity contribution in [2.45, 2.75) is 13.3 Å². The Bertz CT molecular complexity index is 344. The molecule has 0 aromatic heterocycles. The van der Waals surface area contributed by atoms with Crippen LogP contribution in [0.25, 0.3) is 0 Å². The molecule has 0 atom stereocenters. The lowest BCUT2D eigenvalue weighted by Gasteiger charge is -2.11. The Hall–Kier alpha value is -1.52. The van der Waals surface area contributed by atoms with E-state index in [-0.39, 0.29) is 11.3 Å². The maximum absolute atomic E-state index is 11.8. The maximum atomic E-state index is 11.8. The van der Waals surface area contributed by atoms with Crippen LogP contribution < -0.4 is 4.74 Å². The Labute approximate surface area is 78.3 Å². The number of ether oxygens (including phenoxy) is 1. The topological polar surface area (TPSA) is 26.3 Å². The van der Waals surface area contributed by atoms with Crippen LogP contribution in [0, 0.1) is 6.92 Å². The summed E-state index contributed by atoms with van der Waals surface area (Å²) in [5, 5.41) is 0. The van der Waals surface area contributed by atoms with E-state index in [0.29, 0.717) is 5.56 Å². The summed E-state index contributed by atoms with van der Waals surface area (Å²) in [5.41, 5.74) is 0.330. The molecular weight excluding hydrogens is 197 g/mol. The van der Waals surface area contributed by atoms with Crippen molar-refractivity contribution < 1.29 is 22.7 Å². The summed E-state index contributed by atoms with van der Waals surface area (Å²) >= 11 is 0. The molecule has 2 nitrogen and oxygen atoms in total. The van der Waals surface area contributed by atoms with Gasteiger partial charge in [0.1, 0.15) is 5.75 Å². The van der Waals surface area contributed by atoms with Gasteiger partial charge in [-0.25, -0.2) is 0 Å². The highest BCUT2D eigenvalue weighted by atomic mass is 19.4. The zero-order chi connectivity index (χ0) is 10.8. The van der Waals surface area contributed by atoms with Gasteiger partial charge in [-0.1, -0.05) is 12.1 Å². The number of hydrogen-bond donors (Lipinski definition) is 0. The third kappa shape index (κ3) is 2.76. The zero-order valence-electron chi connectivity index (χ0n) is 7.18. The predicted molar refractivity (Wildman–Crippen MR) is 42.7 cm³/mol. The van der Waals surface area contributed by atoms with Crippen LogP contribution in [0.1, 0.15) is 11.1 Å². The number of alkyl halides is 3. The van der Waals surface area contributed by atoms with Crippen LogP contribution in [0.4, 0.5) is 13.2 Å². The van der Waals surface area contributed by atoms with E-state index in [4.69, 9.17) is 0 Å². The van der Waals surface area contributed by atoms with E-state index >= 15 is 0 Å². The minimum atomic E-state index is -4.74. The van der Waals surface area contributed by atoms with Crippen molar-refractivity contribution in [2.24, 2.45) is 0 Å². The van der Waals surface area contributed by atoms with Crippen molar-refractivity contribution in [2.75, 3.05) is 0 Å². The third-order valence-corrected chi connectivity index (χ3v) is 1.53. The first-order valence-corrected chi connectivity index (χ1v) is 3.67. The SMILES string of the molecule is Cc1ccc([C]=O)cc1OC(F)(F)F. The molecule has 1 aromatic rings. The minimum absolute atomic E-state index is 0.0230. The van der Waals surface area contributed by atoms with E-state index < -0.39 is 6.36 Å². The lowest BCUT2D eigenvalue weighted by atomic mass is 10.1. The quantitative estimate of drug-likeness (QED) is 0.737. The fraction of sp³-hybridized carbons (Fsp3) is 0.222. The molecule has 14 heavy (non-hydrogen) atoms. The minimum Gasteiger partial charge on any atom is -0.405 e. The molecule has 0 saturated carbocycles. The molecule has 0 fully saturated rings. The first kappa shape index (κ1) is 10.6. The molecule has 5 heteroatoms. The molecule has 1 aromatic carbocycles. The van der Waals surface area contributed by atoms with Crippen LogP contribution in [0.15, 0.2) is 18.2 Å². The average Bonchev–Trinajstić information content (AvgIpc) is 2.06. The van der Waals surface area contributed by atoms with Gasteiger partial charge in [-0.15, -0.1) is 13.2 Å². The largest absolute Gasteiger partial charge is 0.573 e. The number of benzene rings is 1. The van der Waals surface area contributed by atoms with Gasteiger partial charge in [0, 0.05) is 5.56 Å². The Morgan fingerprint density at radius 1 is 1.36 bits per heavy atom. The van der Waals surface area contributed by atoms with Gasteiger partial charge in [0.2, 0.25) is 6.29 Å². The Morgan fingerprint density at radius 2 is 2.00 bits per heavy atom. The van der Waals surface area contributed by atoms with E-state index in [2.05, 4.69) is 4.74 Å². The van der Waals surface area contributed by atoms with Gasteiger partial charge in [0.15, 0.2) is 0 Å². The Balaban J connectivity index is 3.01. The van der Waals surface area contributed by atoms with Crippen LogP contribution in [-0.2, 0) is 4.79 Å². The summed E-state index contributed by atoms with van der Waals surface area (Å²) in [7, 11) is 0. The molecule has 0 aliphatic carbocycles. The van der Waals surface area contributed by atoms with Crippen molar-refractivity contribution >= 4 is 6.29 Å². The molecule has 1 rings (SSSR count). The van der Waals surface area contributed by atoms with Gasteiger partial charge < -0.3 is 4.74 Å². The smallest absolute Gasteiger partial charge is 0.405 e. The van der Waals surface area contributed by atoms with Crippen LogP contribution in [0.2, 0.25) is 0 Å². The molecule has 0 saturated heterocycles. The van der Waals surface area contributed by atoms with Gasteiger partial charge in [-0.2, -0.15) is 0 Å². The molecule has 75 valence electrons. The highest BCUT2D eigenvalue weighted by molar-refractivity contribution is 5.76. The second-order valence-electron chi connectivity index (χ2n) is 2.63. The summed E-state index contributed by atoms with van der Waals surface area (Å²) in [5.74, 6) is -0.377. The van der Waals surface area contributed by atoms with Crippen LogP contribution in [0.5, 0.6) is 5.75 Å². The predicted octanol–water partition coefficient (Wildman–Crippen LogP) is 2.35. The summed E-state index contributed by atoms with van der Waals surface area (Å²) in [6.45, 7) is 1.45. The van der Waals surface area contributed by atoms with Crippen molar-refractivity contribution in [1.29, 1.82) is 0 Å². The molecule has 0 spiro atoms. The molecule has 0 heterocycles. The van der Waals surface area contributed by atoms with Crippen LogP contribution in [-0.4, -0.2) is 12.6 Å². The molecule has 0 aliphatic heterocycles. The van der Waals surface area contributed by atoms with Crippen LogP contribution in [0.3, 0.4) is 0 Å². The van der Waals surface area contributed by atoms with E-state index in [1.165, 1.54) is 25.3 Å². The fourth-order valence-corrected chi connectivity index (χ4v) is 0.898. The van der Waals surface area contributed by atoms with Gasteiger partial charge in [-0.05, 0) is 18.6 Å². The molecule has 1 radical (unpaired) electrons. The molecule has 0 bridgehead atoms. The third-order valence-electron chi connectivity index (χ3n) is 1.53. The summed E-state index contributed by atoms with van der Waals surface area (Å²) in [6, 6.07) is 3.72. The van der Waals surface area contributed by atoms with Crippen molar-refractivity contribution in [3.05, 3.63) is 29.3 Å². The van der Waals surface area contributed by atoms with Crippen molar-refractivity contribution in [3.8, 4) is 5.75 Å². The van der Waals surface area contributed by atoms with Gasteiger partial charge in [-0.3, -0.25) is 4.79 Å². The number of hydrogen-bond acceptors (Lipinski definition) is 2.